The van der Waals surface area contributed by atoms with E-state index < -0.39 is 5.60 Å². The van der Waals surface area contributed by atoms with Gasteiger partial charge in [-0.1, -0.05) is 0 Å². The number of aliphatic hydroxyl groups excluding tert-OH is 1. The summed E-state index contributed by atoms with van der Waals surface area (Å²) in [6, 6.07) is 0. The number of amides is 1. The SMILES string of the molecule is CC(C(=O)NCC(C)(O)CO)=C1CNC1. The van der Waals surface area contributed by atoms with E-state index in [1.165, 1.54) is 6.92 Å². The lowest BCUT2D eigenvalue weighted by Gasteiger charge is -2.24. The third-order valence-electron chi connectivity index (χ3n) is 2.52. The zero-order valence-corrected chi connectivity index (χ0v) is 9.13. The minimum Gasteiger partial charge on any atom is -0.393 e. The van der Waals surface area contributed by atoms with Crippen LogP contribution in [0.3, 0.4) is 0 Å². The van der Waals surface area contributed by atoms with Crippen LogP contribution in [0.4, 0.5) is 0 Å². The largest absolute Gasteiger partial charge is 0.393 e. The quantitative estimate of drug-likeness (QED) is 0.441. The average molecular weight is 214 g/mol. The van der Waals surface area contributed by atoms with Crippen LogP contribution in [-0.4, -0.2) is 48.0 Å². The molecule has 1 aliphatic heterocycles. The Balaban J connectivity index is 2.43. The molecule has 0 radical (unpaired) electrons. The van der Waals surface area contributed by atoms with Crippen molar-refractivity contribution >= 4 is 5.91 Å². The number of carbonyl (C=O) groups is 1. The third-order valence-corrected chi connectivity index (χ3v) is 2.52. The fourth-order valence-corrected chi connectivity index (χ4v) is 1.13. The molecule has 86 valence electrons. The molecule has 1 atom stereocenters. The van der Waals surface area contributed by atoms with Crippen molar-refractivity contribution < 1.29 is 15.0 Å². The van der Waals surface area contributed by atoms with E-state index in [4.69, 9.17) is 5.11 Å². The summed E-state index contributed by atoms with van der Waals surface area (Å²) in [4.78, 5) is 11.6. The van der Waals surface area contributed by atoms with E-state index in [1.807, 2.05) is 0 Å². The maximum atomic E-state index is 11.6. The van der Waals surface area contributed by atoms with Crippen LogP contribution in [0.25, 0.3) is 0 Å². The molecule has 0 saturated carbocycles. The molecular weight excluding hydrogens is 196 g/mol. The molecular formula is C10H18N2O3. The van der Waals surface area contributed by atoms with Gasteiger partial charge in [0.2, 0.25) is 5.91 Å². The lowest BCUT2D eigenvalue weighted by atomic mass is 10.0. The van der Waals surface area contributed by atoms with Gasteiger partial charge < -0.3 is 20.8 Å². The molecule has 1 aliphatic rings. The summed E-state index contributed by atoms with van der Waals surface area (Å²) in [6.07, 6.45) is 0. The number of hydrogen-bond acceptors (Lipinski definition) is 4. The molecule has 1 fully saturated rings. The van der Waals surface area contributed by atoms with E-state index in [0.717, 1.165) is 18.7 Å². The minimum atomic E-state index is -1.25. The van der Waals surface area contributed by atoms with E-state index in [9.17, 15) is 9.90 Å². The summed E-state index contributed by atoms with van der Waals surface area (Å²) in [7, 11) is 0. The fourth-order valence-electron chi connectivity index (χ4n) is 1.13. The van der Waals surface area contributed by atoms with Crippen LogP contribution < -0.4 is 10.6 Å². The Kier molecular flexibility index (Phi) is 3.84. The molecule has 0 aromatic carbocycles. The van der Waals surface area contributed by atoms with Crippen molar-refractivity contribution in [1.29, 1.82) is 0 Å². The zero-order valence-electron chi connectivity index (χ0n) is 9.13. The maximum absolute atomic E-state index is 11.6. The second kappa shape index (κ2) is 4.74. The van der Waals surface area contributed by atoms with Crippen LogP contribution in [0, 0.1) is 0 Å². The van der Waals surface area contributed by atoms with Crippen molar-refractivity contribution in [2.24, 2.45) is 0 Å². The van der Waals surface area contributed by atoms with Crippen molar-refractivity contribution in [2.75, 3.05) is 26.2 Å². The summed E-state index contributed by atoms with van der Waals surface area (Å²) < 4.78 is 0. The van der Waals surface area contributed by atoms with Crippen LogP contribution in [0.1, 0.15) is 13.8 Å². The first-order valence-electron chi connectivity index (χ1n) is 4.97. The van der Waals surface area contributed by atoms with Gasteiger partial charge in [-0.25, -0.2) is 0 Å². The molecule has 0 aromatic heterocycles. The van der Waals surface area contributed by atoms with Crippen LogP contribution in [-0.2, 0) is 4.79 Å². The number of aliphatic hydroxyl groups is 2. The normalized spacial score (nSPS) is 19.1. The van der Waals surface area contributed by atoms with Gasteiger partial charge >= 0.3 is 0 Å². The van der Waals surface area contributed by atoms with Gasteiger partial charge in [-0.3, -0.25) is 4.79 Å². The Bertz CT molecular complexity index is 278. The highest BCUT2D eigenvalue weighted by atomic mass is 16.3. The number of carbonyl (C=O) groups excluding carboxylic acids is 1. The first-order valence-corrected chi connectivity index (χ1v) is 4.97. The van der Waals surface area contributed by atoms with E-state index in [1.54, 1.807) is 6.92 Å². The molecule has 1 amide bonds. The van der Waals surface area contributed by atoms with Crippen molar-refractivity contribution in [2.45, 2.75) is 19.4 Å². The standard InChI is InChI=1S/C10H18N2O3/c1-7(8-3-11-4-8)9(14)12-5-10(2,15)6-13/h11,13,15H,3-6H2,1-2H3,(H,12,14). The second-order valence-corrected chi connectivity index (χ2v) is 4.17. The van der Waals surface area contributed by atoms with Crippen molar-refractivity contribution in [3.63, 3.8) is 0 Å². The monoisotopic (exact) mass is 214 g/mol. The Hall–Kier alpha value is -0.910. The molecule has 1 rings (SSSR count). The van der Waals surface area contributed by atoms with Gasteiger partial charge in [0.05, 0.1) is 6.61 Å². The number of rotatable bonds is 4. The Morgan fingerprint density at radius 2 is 2.20 bits per heavy atom. The average Bonchev–Trinajstić information content (AvgIpc) is 2.11. The van der Waals surface area contributed by atoms with E-state index in [2.05, 4.69) is 10.6 Å². The molecule has 1 saturated heterocycles. The summed E-state index contributed by atoms with van der Waals surface area (Å²) in [5, 5.41) is 23.9. The summed E-state index contributed by atoms with van der Waals surface area (Å²) >= 11 is 0. The van der Waals surface area contributed by atoms with Gasteiger partial charge in [-0.05, 0) is 19.4 Å². The molecule has 5 nitrogen and oxygen atoms in total. The Morgan fingerprint density at radius 1 is 1.60 bits per heavy atom. The smallest absolute Gasteiger partial charge is 0.247 e. The van der Waals surface area contributed by atoms with Crippen molar-refractivity contribution in [3.05, 3.63) is 11.1 Å². The topological polar surface area (TPSA) is 81.6 Å². The fraction of sp³-hybridized carbons (Fsp3) is 0.700. The Morgan fingerprint density at radius 3 is 2.60 bits per heavy atom. The van der Waals surface area contributed by atoms with Crippen LogP contribution >= 0.6 is 0 Å². The summed E-state index contributed by atoms with van der Waals surface area (Å²) in [5.41, 5.74) is 0.539. The van der Waals surface area contributed by atoms with E-state index in [-0.39, 0.29) is 19.1 Å². The van der Waals surface area contributed by atoms with Gasteiger partial charge in [0, 0.05) is 25.2 Å². The van der Waals surface area contributed by atoms with Crippen molar-refractivity contribution in [1.82, 2.24) is 10.6 Å². The van der Waals surface area contributed by atoms with Gasteiger partial charge in [0.25, 0.3) is 0 Å². The van der Waals surface area contributed by atoms with Gasteiger partial charge in [-0.2, -0.15) is 0 Å². The third kappa shape index (κ3) is 3.30. The lowest BCUT2D eigenvalue weighted by Crippen LogP contribution is -2.44. The van der Waals surface area contributed by atoms with E-state index in [0.29, 0.717) is 5.57 Å². The number of hydrogen-bond donors (Lipinski definition) is 4. The molecule has 0 spiro atoms. The highest BCUT2D eigenvalue weighted by Crippen LogP contribution is 2.09. The van der Waals surface area contributed by atoms with Gasteiger partial charge in [0.15, 0.2) is 0 Å². The molecule has 1 unspecified atom stereocenters. The minimum absolute atomic E-state index is 0.0559. The van der Waals surface area contributed by atoms with Gasteiger partial charge in [-0.15, -0.1) is 0 Å². The van der Waals surface area contributed by atoms with Crippen molar-refractivity contribution in [3.8, 4) is 0 Å². The predicted octanol–water partition coefficient (Wildman–Crippen LogP) is -1.23. The molecule has 5 heteroatoms. The summed E-state index contributed by atoms with van der Waals surface area (Å²) in [5.74, 6) is -0.180. The van der Waals surface area contributed by atoms with Gasteiger partial charge in [0.1, 0.15) is 5.60 Å². The predicted molar refractivity (Wildman–Crippen MR) is 56.3 cm³/mol. The molecule has 1 heterocycles. The molecule has 0 aliphatic carbocycles. The zero-order chi connectivity index (χ0) is 11.5. The Labute approximate surface area is 89.2 Å². The van der Waals surface area contributed by atoms with E-state index >= 15 is 0 Å². The second-order valence-electron chi connectivity index (χ2n) is 4.17. The highest BCUT2D eigenvalue weighted by Gasteiger charge is 2.21. The first-order chi connectivity index (χ1) is 6.96. The highest BCUT2D eigenvalue weighted by molar-refractivity contribution is 5.94. The van der Waals surface area contributed by atoms with Crippen LogP contribution in [0.5, 0.6) is 0 Å². The molecule has 4 N–H and O–H groups in total. The molecule has 0 aromatic rings. The summed E-state index contributed by atoms with van der Waals surface area (Å²) in [6.45, 7) is 4.44. The first kappa shape index (κ1) is 12.2. The number of nitrogens with one attached hydrogen (secondary N) is 2. The molecule has 0 bridgehead atoms. The lowest BCUT2D eigenvalue weighted by molar-refractivity contribution is -0.119. The maximum Gasteiger partial charge on any atom is 0.247 e. The van der Waals surface area contributed by atoms with Crippen LogP contribution in [0.15, 0.2) is 11.1 Å². The molecule has 15 heavy (non-hydrogen) atoms. The van der Waals surface area contributed by atoms with Crippen LogP contribution in [0.2, 0.25) is 0 Å².